The van der Waals surface area contributed by atoms with Crippen molar-refractivity contribution in [1.82, 2.24) is 9.91 Å². The molecule has 5 rings (SSSR count). The zero-order valence-electron chi connectivity index (χ0n) is 18.4. The Kier molecular flexibility index (Phi) is 5.54. The van der Waals surface area contributed by atoms with Crippen molar-refractivity contribution in [1.29, 1.82) is 0 Å². The number of fused-ring (bicyclic) bond motifs is 1. The molecule has 2 aliphatic heterocycles. The summed E-state index contributed by atoms with van der Waals surface area (Å²) < 4.78 is 5.26. The second kappa shape index (κ2) is 8.65. The maximum absolute atomic E-state index is 13.4. The highest BCUT2D eigenvalue weighted by Gasteiger charge is 2.48. The number of carbonyl (C=O) groups is 3. The van der Waals surface area contributed by atoms with Crippen molar-refractivity contribution in [3.8, 4) is 5.75 Å². The third kappa shape index (κ3) is 3.84. The van der Waals surface area contributed by atoms with Crippen LogP contribution in [0, 0.1) is 11.8 Å². The van der Waals surface area contributed by atoms with Crippen LogP contribution in [-0.4, -0.2) is 47.0 Å². The van der Waals surface area contributed by atoms with Crippen molar-refractivity contribution >= 4 is 23.4 Å². The summed E-state index contributed by atoms with van der Waals surface area (Å²) >= 11 is 0. The van der Waals surface area contributed by atoms with Gasteiger partial charge < -0.3 is 4.74 Å². The van der Waals surface area contributed by atoms with E-state index in [1.165, 1.54) is 5.01 Å². The number of imide groups is 1. The first-order valence-electron chi connectivity index (χ1n) is 11.2. The standard InChI is InChI=1S/C26H25N3O4/c1-33-19-13-11-18(12-14-19)23-15-22(17-7-3-2-4-8-17)27-29(23)24(30)16-28-25(31)20-9-5-6-10-21(20)26(28)32/h2-8,11-14,20-21,23H,9-10,15-16H2,1H3/t20-,21-,23+/m1/s1. The van der Waals surface area contributed by atoms with E-state index in [0.29, 0.717) is 19.3 Å². The van der Waals surface area contributed by atoms with E-state index in [-0.39, 0.29) is 42.1 Å². The molecule has 2 aromatic rings. The molecule has 0 N–H and O–H groups in total. The average molecular weight is 444 g/mol. The summed E-state index contributed by atoms with van der Waals surface area (Å²) in [6.07, 6.45) is 5.52. The number of carbonyl (C=O) groups excluding carboxylic acids is 3. The van der Waals surface area contributed by atoms with Crippen molar-refractivity contribution in [2.75, 3.05) is 13.7 Å². The molecule has 7 heteroatoms. The molecule has 3 atom stereocenters. The zero-order valence-corrected chi connectivity index (χ0v) is 18.4. The Morgan fingerprint density at radius 1 is 0.970 bits per heavy atom. The Morgan fingerprint density at radius 3 is 2.21 bits per heavy atom. The Balaban J connectivity index is 1.42. The SMILES string of the molecule is COc1ccc([C@@H]2CC(c3ccccc3)=NN2C(=O)CN2C(=O)[C@@H]3CC=CC[C@H]3C2=O)cc1. The van der Waals surface area contributed by atoms with E-state index in [1.807, 2.05) is 66.7 Å². The number of ether oxygens (including phenoxy) is 1. The van der Waals surface area contributed by atoms with E-state index in [0.717, 1.165) is 27.5 Å². The van der Waals surface area contributed by atoms with E-state index >= 15 is 0 Å². The number of hydrogen-bond donors (Lipinski definition) is 0. The first kappa shape index (κ1) is 21.1. The summed E-state index contributed by atoms with van der Waals surface area (Å²) in [7, 11) is 1.61. The molecule has 3 amide bonds. The van der Waals surface area contributed by atoms with Crippen LogP contribution in [-0.2, 0) is 14.4 Å². The van der Waals surface area contributed by atoms with Crippen molar-refractivity contribution in [2.45, 2.75) is 25.3 Å². The van der Waals surface area contributed by atoms with Crippen molar-refractivity contribution in [3.05, 3.63) is 77.9 Å². The van der Waals surface area contributed by atoms with Crippen LogP contribution in [0.4, 0.5) is 0 Å². The number of likely N-dealkylation sites (tertiary alicyclic amines) is 1. The Labute approximate surface area is 192 Å². The zero-order chi connectivity index (χ0) is 22.9. The second-order valence-electron chi connectivity index (χ2n) is 8.56. The molecule has 0 aromatic heterocycles. The lowest BCUT2D eigenvalue weighted by Gasteiger charge is -2.24. The lowest BCUT2D eigenvalue weighted by Crippen LogP contribution is -2.41. The largest absolute Gasteiger partial charge is 0.497 e. The predicted molar refractivity (Wildman–Crippen MR) is 122 cm³/mol. The summed E-state index contributed by atoms with van der Waals surface area (Å²) in [5, 5.41) is 6.08. The van der Waals surface area contributed by atoms with Gasteiger partial charge in [0.1, 0.15) is 12.3 Å². The minimum Gasteiger partial charge on any atom is -0.497 e. The van der Waals surface area contributed by atoms with Crippen LogP contribution >= 0.6 is 0 Å². The van der Waals surface area contributed by atoms with Gasteiger partial charge in [0.25, 0.3) is 5.91 Å². The molecule has 168 valence electrons. The van der Waals surface area contributed by atoms with Crippen LogP contribution < -0.4 is 4.74 Å². The van der Waals surface area contributed by atoms with Crippen LogP contribution in [0.15, 0.2) is 71.9 Å². The number of benzene rings is 2. The molecule has 2 aromatic carbocycles. The van der Waals surface area contributed by atoms with Gasteiger partial charge in [-0.2, -0.15) is 5.10 Å². The number of amides is 3. The highest BCUT2D eigenvalue weighted by molar-refractivity contribution is 6.08. The molecule has 1 fully saturated rings. The second-order valence-corrected chi connectivity index (χ2v) is 8.56. The Morgan fingerprint density at radius 2 is 1.61 bits per heavy atom. The lowest BCUT2D eigenvalue weighted by atomic mass is 9.85. The normalized spacial score (nSPS) is 24.2. The third-order valence-electron chi connectivity index (χ3n) is 6.67. The van der Waals surface area contributed by atoms with Crippen molar-refractivity contribution in [2.24, 2.45) is 16.9 Å². The number of allylic oxidation sites excluding steroid dienone is 2. The molecule has 0 saturated carbocycles. The topological polar surface area (TPSA) is 79.3 Å². The lowest BCUT2D eigenvalue weighted by molar-refractivity contribution is -0.147. The number of hydrazone groups is 1. The molecule has 2 heterocycles. The first-order chi connectivity index (χ1) is 16.1. The summed E-state index contributed by atoms with van der Waals surface area (Å²) in [6, 6.07) is 16.9. The molecule has 3 aliphatic rings. The summed E-state index contributed by atoms with van der Waals surface area (Å²) in [5.41, 5.74) is 2.65. The number of rotatable bonds is 5. The third-order valence-corrected chi connectivity index (χ3v) is 6.67. The molecule has 1 saturated heterocycles. The number of hydrogen-bond acceptors (Lipinski definition) is 5. The minimum atomic E-state index is -0.366. The summed E-state index contributed by atoms with van der Waals surface area (Å²) in [5.74, 6) is -0.854. The average Bonchev–Trinajstić information content (AvgIpc) is 3.41. The van der Waals surface area contributed by atoms with Gasteiger partial charge in [-0.1, -0.05) is 54.6 Å². The molecule has 0 spiro atoms. The van der Waals surface area contributed by atoms with Crippen LogP contribution in [0.25, 0.3) is 0 Å². The smallest absolute Gasteiger partial charge is 0.263 e. The summed E-state index contributed by atoms with van der Waals surface area (Å²) in [6.45, 7) is -0.289. The molecule has 0 bridgehead atoms. The minimum absolute atomic E-state index is 0.254. The Hall–Kier alpha value is -3.74. The highest BCUT2D eigenvalue weighted by Crippen LogP contribution is 2.37. The van der Waals surface area contributed by atoms with Crippen molar-refractivity contribution in [3.63, 3.8) is 0 Å². The van der Waals surface area contributed by atoms with E-state index in [9.17, 15) is 14.4 Å². The van der Waals surface area contributed by atoms with E-state index in [2.05, 4.69) is 5.10 Å². The van der Waals surface area contributed by atoms with Gasteiger partial charge in [-0.05, 0) is 36.1 Å². The number of methoxy groups -OCH3 is 1. The Bertz CT molecular complexity index is 1110. The molecular formula is C26H25N3O4. The van der Waals surface area contributed by atoms with Gasteiger partial charge in [0, 0.05) is 6.42 Å². The molecule has 33 heavy (non-hydrogen) atoms. The van der Waals surface area contributed by atoms with Crippen LogP contribution in [0.1, 0.15) is 36.4 Å². The molecule has 0 unspecified atom stereocenters. The molecule has 7 nitrogen and oxygen atoms in total. The van der Waals surface area contributed by atoms with Crippen LogP contribution in [0.3, 0.4) is 0 Å². The molecule has 0 radical (unpaired) electrons. The van der Waals surface area contributed by atoms with Gasteiger partial charge in [-0.25, -0.2) is 5.01 Å². The number of nitrogens with zero attached hydrogens (tertiary/aromatic N) is 3. The van der Waals surface area contributed by atoms with Crippen LogP contribution in [0.2, 0.25) is 0 Å². The predicted octanol–water partition coefficient (Wildman–Crippen LogP) is 3.32. The van der Waals surface area contributed by atoms with Gasteiger partial charge in [-0.3, -0.25) is 19.3 Å². The monoisotopic (exact) mass is 443 g/mol. The maximum atomic E-state index is 13.4. The molecular weight excluding hydrogens is 418 g/mol. The van der Waals surface area contributed by atoms with E-state index in [1.54, 1.807) is 7.11 Å². The fraction of sp³-hybridized carbons (Fsp3) is 0.308. The van der Waals surface area contributed by atoms with Gasteiger partial charge >= 0.3 is 0 Å². The van der Waals surface area contributed by atoms with Gasteiger partial charge in [0.05, 0.1) is 30.7 Å². The van der Waals surface area contributed by atoms with Gasteiger partial charge in [0.15, 0.2) is 0 Å². The quantitative estimate of drug-likeness (QED) is 0.525. The van der Waals surface area contributed by atoms with Crippen LogP contribution in [0.5, 0.6) is 5.75 Å². The van der Waals surface area contributed by atoms with Crippen molar-refractivity contribution < 1.29 is 19.1 Å². The molecule has 1 aliphatic carbocycles. The van der Waals surface area contributed by atoms with E-state index in [4.69, 9.17) is 4.74 Å². The fourth-order valence-corrected chi connectivity index (χ4v) is 4.86. The summed E-state index contributed by atoms with van der Waals surface area (Å²) in [4.78, 5) is 40.3. The highest BCUT2D eigenvalue weighted by atomic mass is 16.5. The van der Waals surface area contributed by atoms with E-state index < -0.39 is 0 Å². The maximum Gasteiger partial charge on any atom is 0.263 e. The van der Waals surface area contributed by atoms with Gasteiger partial charge in [0.2, 0.25) is 11.8 Å². The fourth-order valence-electron chi connectivity index (χ4n) is 4.86. The van der Waals surface area contributed by atoms with Gasteiger partial charge in [-0.15, -0.1) is 0 Å². The first-order valence-corrected chi connectivity index (χ1v) is 11.2.